The van der Waals surface area contributed by atoms with Crippen LogP contribution in [0, 0.1) is 0 Å². The van der Waals surface area contributed by atoms with E-state index < -0.39 is 0 Å². The van der Waals surface area contributed by atoms with E-state index in [1.54, 1.807) is 0 Å². The van der Waals surface area contributed by atoms with Gasteiger partial charge in [-0.25, -0.2) is 0 Å². The Bertz CT molecular complexity index is 217. The van der Waals surface area contributed by atoms with Gasteiger partial charge in [0.05, 0.1) is 0 Å². The summed E-state index contributed by atoms with van der Waals surface area (Å²) in [6.07, 6.45) is 5.10. The van der Waals surface area contributed by atoms with Crippen molar-refractivity contribution >= 4 is 0 Å². The van der Waals surface area contributed by atoms with Crippen molar-refractivity contribution in [2.45, 2.75) is 32.7 Å². The van der Waals surface area contributed by atoms with E-state index in [2.05, 4.69) is 22.8 Å². The summed E-state index contributed by atoms with van der Waals surface area (Å²) in [5.74, 6) is 0. The molecule has 1 heterocycles. The first-order valence-corrected chi connectivity index (χ1v) is 4.59. The van der Waals surface area contributed by atoms with E-state index >= 15 is 0 Å². The highest BCUT2D eigenvalue weighted by Gasteiger charge is 1.99. The first-order chi connectivity index (χ1) is 5.88. The fourth-order valence-corrected chi connectivity index (χ4v) is 1.27. The molecule has 0 spiro atoms. The van der Waals surface area contributed by atoms with Crippen LogP contribution in [0.15, 0.2) is 12.3 Å². The molecule has 0 fully saturated rings. The smallest absolute Gasteiger partial charge is 0.0492 e. The van der Waals surface area contributed by atoms with E-state index in [9.17, 15) is 0 Å². The van der Waals surface area contributed by atoms with Gasteiger partial charge in [-0.05, 0) is 31.9 Å². The van der Waals surface area contributed by atoms with E-state index in [0.717, 1.165) is 32.4 Å². The van der Waals surface area contributed by atoms with E-state index in [-0.39, 0.29) is 0 Å². The molecule has 0 atom stereocenters. The molecular formula is C9H17N3. The summed E-state index contributed by atoms with van der Waals surface area (Å²) < 4.78 is 2.07. The third kappa shape index (κ3) is 2.34. The number of rotatable bonds is 5. The predicted octanol–water partition coefficient (Wildman–Crippen LogP) is 1.18. The van der Waals surface area contributed by atoms with Gasteiger partial charge in [0, 0.05) is 18.4 Å². The number of hydrogen-bond donors (Lipinski definition) is 1. The van der Waals surface area contributed by atoms with Crippen molar-refractivity contribution in [2.75, 3.05) is 6.54 Å². The van der Waals surface area contributed by atoms with Crippen molar-refractivity contribution in [1.82, 2.24) is 9.78 Å². The zero-order chi connectivity index (χ0) is 8.81. The summed E-state index contributed by atoms with van der Waals surface area (Å²) in [6, 6.07) is 2.07. The highest BCUT2D eigenvalue weighted by atomic mass is 15.3. The maximum absolute atomic E-state index is 5.44. The Hall–Kier alpha value is -0.830. The van der Waals surface area contributed by atoms with Crippen LogP contribution in [-0.4, -0.2) is 16.3 Å². The van der Waals surface area contributed by atoms with Crippen LogP contribution < -0.4 is 5.73 Å². The first kappa shape index (κ1) is 9.26. The molecule has 0 unspecified atom stereocenters. The first-order valence-electron chi connectivity index (χ1n) is 4.59. The molecule has 0 amide bonds. The minimum Gasteiger partial charge on any atom is -0.330 e. The lowest BCUT2D eigenvalue weighted by Gasteiger charge is -2.04. The molecule has 1 aromatic rings. The van der Waals surface area contributed by atoms with Gasteiger partial charge in [-0.15, -0.1) is 0 Å². The second-order valence-electron chi connectivity index (χ2n) is 2.94. The van der Waals surface area contributed by atoms with Gasteiger partial charge in [-0.1, -0.05) is 6.92 Å². The molecular weight excluding hydrogens is 150 g/mol. The SMILES string of the molecule is CCCn1nccc1CCCN. The molecule has 2 N–H and O–H groups in total. The lowest BCUT2D eigenvalue weighted by Crippen LogP contribution is -2.07. The molecule has 0 saturated heterocycles. The number of hydrogen-bond acceptors (Lipinski definition) is 2. The van der Waals surface area contributed by atoms with Gasteiger partial charge in [0.15, 0.2) is 0 Å². The average Bonchev–Trinajstić information content (AvgIpc) is 2.50. The molecule has 0 radical (unpaired) electrons. The fraction of sp³-hybridized carbons (Fsp3) is 0.667. The molecule has 3 nitrogen and oxygen atoms in total. The topological polar surface area (TPSA) is 43.8 Å². The van der Waals surface area contributed by atoms with Crippen molar-refractivity contribution in [2.24, 2.45) is 5.73 Å². The van der Waals surface area contributed by atoms with Crippen LogP contribution in [0.1, 0.15) is 25.5 Å². The largest absolute Gasteiger partial charge is 0.330 e. The second-order valence-corrected chi connectivity index (χ2v) is 2.94. The van der Waals surface area contributed by atoms with Gasteiger partial charge in [0.25, 0.3) is 0 Å². The van der Waals surface area contributed by atoms with Crippen LogP contribution in [0.4, 0.5) is 0 Å². The van der Waals surface area contributed by atoms with Crippen LogP contribution in [-0.2, 0) is 13.0 Å². The predicted molar refractivity (Wildman–Crippen MR) is 49.9 cm³/mol. The Morgan fingerprint density at radius 2 is 2.42 bits per heavy atom. The lowest BCUT2D eigenvalue weighted by molar-refractivity contribution is 0.568. The molecule has 0 bridgehead atoms. The molecule has 0 aliphatic carbocycles. The Balaban J connectivity index is 2.51. The van der Waals surface area contributed by atoms with Crippen molar-refractivity contribution in [3.05, 3.63) is 18.0 Å². The molecule has 12 heavy (non-hydrogen) atoms. The van der Waals surface area contributed by atoms with E-state index in [1.165, 1.54) is 5.69 Å². The van der Waals surface area contributed by atoms with Gasteiger partial charge >= 0.3 is 0 Å². The third-order valence-electron chi connectivity index (χ3n) is 1.88. The highest BCUT2D eigenvalue weighted by Crippen LogP contribution is 2.02. The van der Waals surface area contributed by atoms with Crippen molar-refractivity contribution in [3.63, 3.8) is 0 Å². The van der Waals surface area contributed by atoms with Gasteiger partial charge in [-0.2, -0.15) is 5.10 Å². The molecule has 68 valence electrons. The maximum Gasteiger partial charge on any atom is 0.0492 e. The average molecular weight is 167 g/mol. The molecule has 0 aliphatic rings. The minimum absolute atomic E-state index is 0.761. The molecule has 0 aliphatic heterocycles. The van der Waals surface area contributed by atoms with Gasteiger partial charge in [-0.3, -0.25) is 4.68 Å². The van der Waals surface area contributed by atoms with Gasteiger partial charge < -0.3 is 5.73 Å². The summed E-state index contributed by atoms with van der Waals surface area (Å²) >= 11 is 0. The van der Waals surface area contributed by atoms with Crippen LogP contribution in [0.3, 0.4) is 0 Å². The Labute approximate surface area is 73.6 Å². The normalized spacial score (nSPS) is 10.5. The van der Waals surface area contributed by atoms with Crippen LogP contribution in [0.5, 0.6) is 0 Å². The molecule has 0 saturated carbocycles. The third-order valence-corrected chi connectivity index (χ3v) is 1.88. The van der Waals surface area contributed by atoms with Gasteiger partial charge in [0.1, 0.15) is 0 Å². The number of aryl methyl sites for hydroxylation is 2. The zero-order valence-corrected chi connectivity index (χ0v) is 7.66. The summed E-state index contributed by atoms with van der Waals surface area (Å²) in [4.78, 5) is 0. The summed E-state index contributed by atoms with van der Waals surface area (Å²) in [7, 11) is 0. The monoisotopic (exact) mass is 167 g/mol. The maximum atomic E-state index is 5.44. The Morgan fingerprint density at radius 1 is 1.58 bits per heavy atom. The van der Waals surface area contributed by atoms with E-state index in [0.29, 0.717) is 0 Å². The number of nitrogens with two attached hydrogens (primary N) is 1. The highest BCUT2D eigenvalue weighted by molar-refractivity contribution is 5.00. The lowest BCUT2D eigenvalue weighted by atomic mass is 10.2. The van der Waals surface area contributed by atoms with Crippen LogP contribution >= 0.6 is 0 Å². The summed E-state index contributed by atoms with van der Waals surface area (Å²) in [5.41, 5.74) is 6.75. The number of aromatic nitrogens is 2. The zero-order valence-electron chi connectivity index (χ0n) is 7.66. The standard InChI is InChI=1S/C9H17N3/c1-2-8-12-9(4-3-6-10)5-7-11-12/h5,7H,2-4,6,8,10H2,1H3. The molecule has 1 rings (SSSR count). The fourth-order valence-electron chi connectivity index (χ4n) is 1.27. The van der Waals surface area contributed by atoms with Crippen LogP contribution in [0.2, 0.25) is 0 Å². The van der Waals surface area contributed by atoms with E-state index in [1.807, 2.05) is 6.20 Å². The van der Waals surface area contributed by atoms with Crippen molar-refractivity contribution < 1.29 is 0 Å². The second kappa shape index (κ2) is 4.93. The summed E-state index contributed by atoms with van der Waals surface area (Å²) in [6.45, 7) is 3.94. The minimum atomic E-state index is 0.761. The molecule has 0 aromatic carbocycles. The quantitative estimate of drug-likeness (QED) is 0.715. The Morgan fingerprint density at radius 3 is 3.08 bits per heavy atom. The summed E-state index contributed by atoms with van der Waals surface area (Å²) in [5, 5.41) is 4.23. The van der Waals surface area contributed by atoms with E-state index in [4.69, 9.17) is 5.73 Å². The van der Waals surface area contributed by atoms with Crippen LogP contribution in [0.25, 0.3) is 0 Å². The van der Waals surface area contributed by atoms with Gasteiger partial charge in [0.2, 0.25) is 0 Å². The van der Waals surface area contributed by atoms with Crippen molar-refractivity contribution in [1.29, 1.82) is 0 Å². The number of nitrogens with zero attached hydrogens (tertiary/aromatic N) is 2. The Kier molecular flexibility index (Phi) is 3.80. The van der Waals surface area contributed by atoms with Crippen molar-refractivity contribution in [3.8, 4) is 0 Å². The molecule has 1 aromatic heterocycles. The molecule has 3 heteroatoms.